The lowest BCUT2D eigenvalue weighted by molar-refractivity contribution is 0.168. The Morgan fingerprint density at radius 1 is 1.75 bits per heavy atom. The molecule has 0 aromatic carbocycles. The zero-order chi connectivity index (χ0) is 6.41. The van der Waals surface area contributed by atoms with Crippen molar-refractivity contribution in [2.75, 3.05) is 6.54 Å². The van der Waals surface area contributed by atoms with Gasteiger partial charge >= 0.3 is 0 Å². The fraction of sp³-hybridized carbons (Fsp3) is 0.667. The van der Waals surface area contributed by atoms with E-state index in [0.717, 1.165) is 6.42 Å². The lowest BCUT2D eigenvalue weighted by Gasteiger charge is -1.95. The molecule has 2 N–H and O–H groups in total. The van der Waals surface area contributed by atoms with E-state index >= 15 is 0 Å². The first-order valence-corrected chi connectivity index (χ1v) is 2.80. The third-order valence-corrected chi connectivity index (χ3v) is 1.12. The molecule has 2 nitrogen and oxygen atoms in total. The summed E-state index contributed by atoms with van der Waals surface area (Å²) in [6.45, 7) is 4.68. The quantitative estimate of drug-likeness (QED) is 0.429. The molecule has 0 bridgehead atoms. The monoisotopic (exact) mass is 115 g/mol. The SMILES string of the molecule is C/C=C(/C)CCNO. The second-order valence-electron chi connectivity index (χ2n) is 1.79. The molecule has 0 atom stereocenters. The average Bonchev–Trinajstić information content (AvgIpc) is 1.83. The fourth-order valence-corrected chi connectivity index (χ4v) is 0.397. The highest BCUT2D eigenvalue weighted by molar-refractivity contribution is 4.95. The van der Waals surface area contributed by atoms with Crippen LogP contribution in [0.25, 0.3) is 0 Å². The predicted molar refractivity (Wildman–Crippen MR) is 33.8 cm³/mol. The molecule has 0 aliphatic heterocycles. The maximum atomic E-state index is 8.13. The molecule has 0 aliphatic rings. The summed E-state index contributed by atoms with van der Waals surface area (Å²) < 4.78 is 0. The highest BCUT2D eigenvalue weighted by Crippen LogP contribution is 1.95. The zero-order valence-electron chi connectivity index (χ0n) is 5.44. The summed E-state index contributed by atoms with van der Waals surface area (Å²) in [6.07, 6.45) is 2.96. The number of rotatable bonds is 3. The van der Waals surface area contributed by atoms with E-state index in [1.54, 1.807) is 0 Å². The van der Waals surface area contributed by atoms with Crippen LogP contribution in [0.5, 0.6) is 0 Å². The molecule has 0 amide bonds. The van der Waals surface area contributed by atoms with Gasteiger partial charge in [-0.3, -0.25) is 0 Å². The molecule has 0 saturated heterocycles. The molecule has 0 rings (SSSR count). The molecule has 0 radical (unpaired) electrons. The second-order valence-corrected chi connectivity index (χ2v) is 1.79. The Hall–Kier alpha value is -0.340. The zero-order valence-corrected chi connectivity index (χ0v) is 5.44. The summed E-state index contributed by atoms with van der Waals surface area (Å²) >= 11 is 0. The van der Waals surface area contributed by atoms with Gasteiger partial charge in [0.05, 0.1) is 0 Å². The van der Waals surface area contributed by atoms with Crippen molar-refractivity contribution in [3.05, 3.63) is 11.6 Å². The Morgan fingerprint density at radius 3 is 2.75 bits per heavy atom. The number of hydroxylamine groups is 1. The minimum absolute atomic E-state index is 0.649. The molecular formula is C6H13NO. The van der Waals surface area contributed by atoms with Gasteiger partial charge in [0.1, 0.15) is 0 Å². The third kappa shape index (κ3) is 3.84. The van der Waals surface area contributed by atoms with E-state index < -0.39 is 0 Å². The van der Waals surface area contributed by atoms with Crippen LogP contribution in [-0.2, 0) is 0 Å². The van der Waals surface area contributed by atoms with Crippen molar-refractivity contribution in [1.29, 1.82) is 0 Å². The standard InChI is InChI=1S/C6H13NO/c1-3-6(2)4-5-7-8/h3,7-8H,4-5H2,1-2H3/b6-3-. The van der Waals surface area contributed by atoms with Crippen LogP contribution in [0.2, 0.25) is 0 Å². The van der Waals surface area contributed by atoms with Gasteiger partial charge in [-0.25, -0.2) is 5.48 Å². The molecule has 0 unspecified atom stereocenters. The summed E-state index contributed by atoms with van der Waals surface area (Å²) in [5.41, 5.74) is 3.39. The minimum Gasteiger partial charge on any atom is -0.317 e. The molecule has 0 fully saturated rings. The Balaban J connectivity index is 3.12. The summed E-state index contributed by atoms with van der Waals surface area (Å²) in [5, 5.41) is 8.13. The molecule has 0 aliphatic carbocycles. The van der Waals surface area contributed by atoms with Gasteiger partial charge in [0, 0.05) is 6.54 Å². The van der Waals surface area contributed by atoms with Crippen LogP contribution in [0.4, 0.5) is 0 Å². The lowest BCUT2D eigenvalue weighted by Crippen LogP contribution is -2.08. The van der Waals surface area contributed by atoms with Crippen molar-refractivity contribution in [3.63, 3.8) is 0 Å². The van der Waals surface area contributed by atoms with Crippen LogP contribution in [0.15, 0.2) is 11.6 Å². The topological polar surface area (TPSA) is 32.3 Å². The fourth-order valence-electron chi connectivity index (χ4n) is 0.397. The van der Waals surface area contributed by atoms with Gasteiger partial charge in [-0.15, -0.1) is 0 Å². The van der Waals surface area contributed by atoms with E-state index in [4.69, 9.17) is 5.21 Å². The van der Waals surface area contributed by atoms with Gasteiger partial charge in [-0.05, 0) is 20.3 Å². The highest BCUT2D eigenvalue weighted by Gasteiger charge is 1.83. The van der Waals surface area contributed by atoms with Crippen LogP contribution in [0, 0.1) is 0 Å². The van der Waals surface area contributed by atoms with E-state index in [1.807, 2.05) is 19.9 Å². The van der Waals surface area contributed by atoms with Crippen molar-refractivity contribution in [2.24, 2.45) is 0 Å². The Bertz CT molecular complexity index is 78.6. The number of hydrogen-bond acceptors (Lipinski definition) is 2. The molecule has 0 aromatic rings. The average molecular weight is 115 g/mol. The minimum atomic E-state index is 0.649. The summed E-state index contributed by atoms with van der Waals surface area (Å²) in [5.74, 6) is 0. The van der Waals surface area contributed by atoms with Crippen LogP contribution in [0.1, 0.15) is 20.3 Å². The maximum absolute atomic E-state index is 8.13. The number of hydrogen-bond donors (Lipinski definition) is 2. The Kier molecular flexibility index (Phi) is 4.61. The van der Waals surface area contributed by atoms with E-state index in [-0.39, 0.29) is 0 Å². The molecule has 2 heteroatoms. The van der Waals surface area contributed by atoms with Gasteiger partial charge < -0.3 is 5.21 Å². The van der Waals surface area contributed by atoms with Gasteiger partial charge in [0.25, 0.3) is 0 Å². The molecule has 0 aromatic heterocycles. The van der Waals surface area contributed by atoms with Crippen molar-refractivity contribution in [2.45, 2.75) is 20.3 Å². The number of allylic oxidation sites excluding steroid dienone is 1. The first-order chi connectivity index (χ1) is 3.81. The first-order valence-electron chi connectivity index (χ1n) is 2.80. The molecule has 0 saturated carbocycles. The van der Waals surface area contributed by atoms with Gasteiger partial charge in [0.15, 0.2) is 0 Å². The molecule has 8 heavy (non-hydrogen) atoms. The highest BCUT2D eigenvalue weighted by atomic mass is 16.5. The van der Waals surface area contributed by atoms with Crippen molar-refractivity contribution in [3.8, 4) is 0 Å². The van der Waals surface area contributed by atoms with Gasteiger partial charge in [0.2, 0.25) is 0 Å². The van der Waals surface area contributed by atoms with Gasteiger partial charge in [-0.1, -0.05) is 11.6 Å². The van der Waals surface area contributed by atoms with E-state index in [9.17, 15) is 0 Å². The Morgan fingerprint density at radius 2 is 2.38 bits per heavy atom. The number of nitrogens with one attached hydrogen (secondary N) is 1. The summed E-state index contributed by atoms with van der Waals surface area (Å²) in [4.78, 5) is 0. The predicted octanol–water partition coefficient (Wildman–Crippen LogP) is 1.32. The molecular weight excluding hydrogens is 102 g/mol. The van der Waals surface area contributed by atoms with E-state index in [2.05, 4.69) is 5.48 Å². The third-order valence-electron chi connectivity index (χ3n) is 1.12. The van der Waals surface area contributed by atoms with Crippen molar-refractivity contribution < 1.29 is 5.21 Å². The van der Waals surface area contributed by atoms with E-state index in [0.29, 0.717) is 6.54 Å². The second kappa shape index (κ2) is 4.81. The van der Waals surface area contributed by atoms with Crippen LogP contribution < -0.4 is 5.48 Å². The summed E-state index contributed by atoms with van der Waals surface area (Å²) in [7, 11) is 0. The van der Waals surface area contributed by atoms with Gasteiger partial charge in [-0.2, -0.15) is 0 Å². The first kappa shape index (κ1) is 7.66. The van der Waals surface area contributed by atoms with Crippen molar-refractivity contribution >= 4 is 0 Å². The largest absolute Gasteiger partial charge is 0.317 e. The normalized spacial score (nSPS) is 12.1. The Labute approximate surface area is 50.2 Å². The van der Waals surface area contributed by atoms with Crippen LogP contribution in [0.3, 0.4) is 0 Å². The lowest BCUT2D eigenvalue weighted by atomic mass is 10.2. The maximum Gasteiger partial charge on any atom is 0.0244 e. The molecule has 0 spiro atoms. The van der Waals surface area contributed by atoms with E-state index in [1.165, 1.54) is 5.57 Å². The van der Waals surface area contributed by atoms with Crippen molar-refractivity contribution in [1.82, 2.24) is 5.48 Å². The van der Waals surface area contributed by atoms with Crippen LogP contribution >= 0.6 is 0 Å². The molecule has 48 valence electrons. The summed E-state index contributed by atoms with van der Waals surface area (Å²) in [6, 6.07) is 0. The molecule has 0 heterocycles. The smallest absolute Gasteiger partial charge is 0.0244 e. The van der Waals surface area contributed by atoms with Crippen LogP contribution in [-0.4, -0.2) is 11.8 Å².